The van der Waals surface area contributed by atoms with Gasteiger partial charge in [0, 0.05) is 21.5 Å². The number of H-pyrrole nitrogens is 1. The number of carbonyl (C=O) groups excluding carboxylic acids is 1. The normalized spacial score (nSPS) is 13.3. The van der Waals surface area contributed by atoms with Gasteiger partial charge in [-0.2, -0.15) is 0 Å². The lowest BCUT2D eigenvalue weighted by Crippen LogP contribution is -2.38. The van der Waals surface area contributed by atoms with Gasteiger partial charge in [0.2, 0.25) is 0 Å². The van der Waals surface area contributed by atoms with Crippen molar-refractivity contribution in [3.63, 3.8) is 0 Å². The standard InChI is InChI=1S/C21H22N2O4/c1-4-27-21(24)20(23(25)26)19(15-11-9-13(2)10-12-15)18-14(3)22-17-8-6-5-7-16(17)18/h5-12,19-20,22H,4H2,1-3H3/t19-,20-/m1/s1. The number of aryl methyl sites for hydroxylation is 2. The molecule has 3 rings (SSSR count). The lowest BCUT2D eigenvalue weighted by atomic mass is 9.83. The van der Waals surface area contributed by atoms with Gasteiger partial charge < -0.3 is 9.72 Å². The fourth-order valence-corrected chi connectivity index (χ4v) is 3.55. The number of fused-ring (bicyclic) bond motifs is 1. The van der Waals surface area contributed by atoms with Crippen molar-refractivity contribution in [1.29, 1.82) is 0 Å². The van der Waals surface area contributed by atoms with Crippen LogP contribution in [0.4, 0.5) is 0 Å². The van der Waals surface area contributed by atoms with Crippen LogP contribution in [0, 0.1) is 24.0 Å². The quantitative estimate of drug-likeness (QED) is 0.404. The van der Waals surface area contributed by atoms with Gasteiger partial charge in [0.05, 0.1) is 12.5 Å². The van der Waals surface area contributed by atoms with Crippen molar-refractivity contribution in [1.82, 2.24) is 4.98 Å². The van der Waals surface area contributed by atoms with Crippen molar-refractivity contribution in [3.05, 3.63) is 81.0 Å². The molecule has 6 nitrogen and oxygen atoms in total. The zero-order chi connectivity index (χ0) is 19.6. The Kier molecular flexibility index (Phi) is 5.26. The lowest BCUT2D eigenvalue weighted by Gasteiger charge is -2.21. The Morgan fingerprint density at radius 2 is 1.81 bits per heavy atom. The number of ether oxygens (including phenoxy) is 1. The Morgan fingerprint density at radius 3 is 2.44 bits per heavy atom. The molecule has 0 saturated carbocycles. The van der Waals surface area contributed by atoms with Crippen molar-refractivity contribution in [2.24, 2.45) is 0 Å². The number of esters is 1. The molecular weight excluding hydrogens is 344 g/mol. The number of aromatic amines is 1. The third-order valence-electron chi connectivity index (χ3n) is 4.76. The number of rotatable bonds is 6. The molecule has 0 spiro atoms. The molecular formula is C21H22N2O4. The third kappa shape index (κ3) is 3.56. The lowest BCUT2D eigenvalue weighted by molar-refractivity contribution is -0.513. The van der Waals surface area contributed by atoms with Gasteiger partial charge in [-0.15, -0.1) is 0 Å². The minimum absolute atomic E-state index is 0.0939. The number of nitrogens with one attached hydrogen (secondary N) is 1. The molecule has 1 aromatic heterocycles. The topological polar surface area (TPSA) is 85.2 Å². The fourth-order valence-electron chi connectivity index (χ4n) is 3.55. The van der Waals surface area contributed by atoms with Gasteiger partial charge in [-0.3, -0.25) is 10.1 Å². The molecule has 0 aliphatic heterocycles. The number of para-hydroxylation sites is 1. The van der Waals surface area contributed by atoms with Crippen LogP contribution in [0.1, 0.15) is 35.2 Å². The first-order valence-electron chi connectivity index (χ1n) is 8.88. The molecule has 0 radical (unpaired) electrons. The first-order valence-corrected chi connectivity index (χ1v) is 8.88. The monoisotopic (exact) mass is 366 g/mol. The van der Waals surface area contributed by atoms with E-state index in [9.17, 15) is 14.9 Å². The van der Waals surface area contributed by atoms with Crippen LogP contribution in [0.5, 0.6) is 0 Å². The van der Waals surface area contributed by atoms with E-state index in [2.05, 4.69) is 4.98 Å². The number of benzene rings is 2. The van der Waals surface area contributed by atoms with Crippen molar-refractivity contribution >= 4 is 16.9 Å². The van der Waals surface area contributed by atoms with Crippen LogP contribution in [0.3, 0.4) is 0 Å². The summed E-state index contributed by atoms with van der Waals surface area (Å²) in [6, 6.07) is 13.6. The van der Waals surface area contributed by atoms with Crippen LogP contribution in [0.2, 0.25) is 0 Å². The van der Waals surface area contributed by atoms with Crippen LogP contribution in [0.25, 0.3) is 10.9 Å². The second-order valence-electron chi connectivity index (χ2n) is 6.58. The molecule has 1 N–H and O–H groups in total. The number of hydrogen-bond donors (Lipinski definition) is 1. The summed E-state index contributed by atoms with van der Waals surface area (Å²) in [5.74, 6) is -1.58. The summed E-state index contributed by atoms with van der Waals surface area (Å²) in [5, 5.41) is 12.8. The van der Waals surface area contributed by atoms with Gasteiger partial charge in [-0.1, -0.05) is 48.0 Å². The van der Waals surface area contributed by atoms with Crippen LogP contribution in [0.15, 0.2) is 48.5 Å². The highest BCUT2D eigenvalue weighted by atomic mass is 16.6. The Hall–Kier alpha value is -3.15. The highest BCUT2D eigenvalue weighted by molar-refractivity contribution is 5.87. The van der Waals surface area contributed by atoms with E-state index in [1.165, 1.54) is 0 Å². The average molecular weight is 366 g/mol. The second-order valence-corrected chi connectivity index (χ2v) is 6.58. The summed E-state index contributed by atoms with van der Waals surface area (Å²) in [5.41, 5.74) is 4.19. The summed E-state index contributed by atoms with van der Waals surface area (Å²) in [4.78, 5) is 27.2. The number of nitrogens with zero attached hydrogens (tertiary/aromatic N) is 1. The van der Waals surface area contributed by atoms with Crippen LogP contribution in [-0.2, 0) is 9.53 Å². The van der Waals surface area contributed by atoms with E-state index in [4.69, 9.17) is 4.74 Å². The van der Waals surface area contributed by atoms with E-state index in [1.54, 1.807) is 6.92 Å². The van der Waals surface area contributed by atoms with E-state index in [1.807, 2.05) is 62.4 Å². The van der Waals surface area contributed by atoms with Crippen LogP contribution < -0.4 is 0 Å². The Morgan fingerprint density at radius 1 is 1.15 bits per heavy atom. The molecule has 3 aromatic rings. The predicted molar refractivity (Wildman–Crippen MR) is 103 cm³/mol. The Bertz CT molecular complexity index is 976. The maximum atomic E-state index is 12.5. The molecule has 140 valence electrons. The maximum Gasteiger partial charge on any atom is 0.382 e. The number of aromatic nitrogens is 1. The number of hydrogen-bond acceptors (Lipinski definition) is 4. The number of nitro groups is 1. The molecule has 0 unspecified atom stereocenters. The molecule has 0 amide bonds. The zero-order valence-electron chi connectivity index (χ0n) is 15.6. The molecule has 2 atom stereocenters. The first kappa shape index (κ1) is 18.6. The average Bonchev–Trinajstić information content (AvgIpc) is 2.96. The van der Waals surface area contributed by atoms with Crippen LogP contribution in [-0.4, -0.2) is 28.5 Å². The first-order chi connectivity index (χ1) is 12.9. The highest BCUT2D eigenvalue weighted by Crippen LogP contribution is 2.37. The SMILES string of the molecule is CCOC(=O)[C@@H]([C@H](c1ccc(C)cc1)c1c(C)[nH]c2ccccc12)[N+](=O)[O-]. The second kappa shape index (κ2) is 7.61. The largest absolute Gasteiger partial charge is 0.461 e. The summed E-state index contributed by atoms with van der Waals surface area (Å²) < 4.78 is 5.05. The van der Waals surface area contributed by atoms with E-state index in [-0.39, 0.29) is 6.61 Å². The summed E-state index contributed by atoms with van der Waals surface area (Å²) >= 11 is 0. The van der Waals surface area contributed by atoms with Gasteiger partial charge in [0.1, 0.15) is 0 Å². The van der Waals surface area contributed by atoms with Crippen LogP contribution >= 0.6 is 0 Å². The molecule has 0 saturated heterocycles. The molecule has 2 aromatic carbocycles. The number of carbonyl (C=O) groups is 1. The maximum absolute atomic E-state index is 12.5. The Labute approximate surface area is 157 Å². The predicted octanol–water partition coefficient (Wildman–Crippen LogP) is 4.13. The molecule has 0 aliphatic carbocycles. The summed E-state index contributed by atoms with van der Waals surface area (Å²) in [6.45, 7) is 5.56. The van der Waals surface area contributed by atoms with Crippen molar-refractivity contribution in [2.45, 2.75) is 32.7 Å². The molecule has 6 heteroatoms. The van der Waals surface area contributed by atoms with Crippen molar-refractivity contribution < 1.29 is 14.5 Å². The molecule has 0 fully saturated rings. The molecule has 1 heterocycles. The summed E-state index contributed by atoms with van der Waals surface area (Å²) in [7, 11) is 0. The van der Waals surface area contributed by atoms with Crippen molar-refractivity contribution in [3.8, 4) is 0 Å². The fraction of sp³-hybridized carbons (Fsp3) is 0.286. The minimum Gasteiger partial charge on any atom is -0.461 e. The van der Waals surface area contributed by atoms with Gasteiger partial charge in [0.25, 0.3) is 0 Å². The molecule has 0 aliphatic rings. The van der Waals surface area contributed by atoms with E-state index >= 15 is 0 Å². The van der Waals surface area contributed by atoms with Gasteiger partial charge in [-0.25, -0.2) is 4.79 Å². The van der Waals surface area contributed by atoms with Gasteiger partial charge in [-0.05, 0) is 38.0 Å². The minimum atomic E-state index is -1.52. The van der Waals surface area contributed by atoms with Gasteiger partial charge >= 0.3 is 12.0 Å². The summed E-state index contributed by atoms with van der Waals surface area (Å²) in [6.07, 6.45) is 0. The van der Waals surface area contributed by atoms with E-state index in [0.717, 1.165) is 27.7 Å². The third-order valence-corrected chi connectivity index (χ3v) is 4.76. The Balaban J connectivity index is 2.26. The zero-order valence-corrected chi connectivity index (χ0v) is 15.6. The smallest absolute Gasteiger partial charge is 0.382 e. The molecule has 0 bridgehead atoms. The van der Waals surface area contributed by atoms with E-state index < -0.39 is 22.9 Å². The molecule has 27 heavy (non-hydrogen) atoms. The van der Waals surface area contributed by atoms with E-state index in [0.29, 0.717) is 5.56 Å². The highest BCUT2D eigenvalue weighted by Gasteiger charge is 2.43. The van der Waals surface area contributed by atoms with Crippen molar-refractivity contribution in [2.75, 3.05) is 6.61 Å². The van der Waals surface area contributed by atoms with Gasteiger partial charge in [0.15, 0.2) is 0 Å².